The fraction of sp³-hybridized carbons (Fsp3) is 0.273. The molecule has 0 amide bonds. The summed E-state index contributed by atoms with van der Waals surface area (Å²) in [6.07, 6.45) is -4.43. The van der Waals surface area contributed by atoms with Crippen molar-refractivity contribution in [3.05, 3.63) is 35.6 Å². The number of hydrogen-bond donors (Lipinski definition) is 1. The Hall–Kier alpha value is -1.49. The quantitative estimate of drug-likeness (QED) is 0.855. The minimum atomic E-state index is -4.43. The molecule has 1 N–H and O–H groups in total. The van der Waals surface area contributed by atoms with Crippen LogP contribution in [-0.2, 0) is 12.7 Å². The van der Waals surface area contributed by atoms with E-state index in [1.807, 2.05) is 0 Å². The molecule has 2 nitrogen and oxygen atoms in total. The van der Waals surface area contributed by atoms with Crippen LogP contribution in [0.1, 0.15) is 11.3 Å². The van der Waals surface area contributed by atoms with E-state index in [1.165, 1.54) is 0 Å². The lowest BCUT2D eigenvalue weighted by atomic mass is 10.1. The monoisotopic (exact) mass is 229 g/mol. The standard InChI is InChI=1S/C11H10F3NO/c1-15-6-7-2-3-9-8(4-7)5-10(16-9)11(12,13)14/h2-5,15H,6H2,1H3. The summed E-state index contributed by atoms with van der Waals surface area (Å²) in [5.41, 5.74) is 1.18. The van der Waals surface area contributed by atoms with Crippen LogP contribution in [0.4, 0.5) is 13.2 Å². The lowest BCUT2D eigenvalue weighted by Gasteiger charge is -1.99. The van der Waals surface area contributed by atoms with Crippen molar-refractivity contribution in [1.29, 1.82) is 0 Å². The molecule has 2 aromatic rings. The number of furan rings is 1. The van der Waals surface area contributed by atoms with Crippen LogP contribution in [0, 0.1) is 0 Å². The van der Waals surface area contributed by atoms with E-state index >= 15 is 0 Å². The minimum Gasteiger partial charge on any atom is -0.452 e. The number of nitrogens with one attached hydrogen (secondary N) is 1. The third-order valence-electron chi connectivity index (χ3n) is 2.24. The summed E-state index contributed by atoms with van der Waals surface area (Å²) in [4.78, 5) is 0. The first-order valence-corrected chi connectivity index (χ1v) is 4.75. The van der Waals surface area contributed by atoms with Crippen LogP contribution in [0.3, 0.4) is 0 Å². The Labute approximate surface area is 90.0 Å². The number of halogens is 3. The average molecular weight is 229 g/mol. The smallest absolute Gasteiger partial charge is 0.449 e. The highest BCUT2D eigenvalue weighted by Gasteiger charge is 2.35. The molecule has 0 unspecified atom stereocenters. The highest BCUT2D eigenvalue weighted by molar-refractivity contribution is 5.78. The van der Waals surface area contributed by atoms with Crippen LogP contribution in [0.2, 0.25) is 0 Å². The second kappa shape index (κ2) is 3.83. The van der Waals surface area contributed by atoms with Crippen LogP contribution in [-0.4, -0.2) is 7.05 Å². The van der Waals surface area contributed by atoms with Gasteiger partial charge in [-0.25, -0.2) is 0 Å². The Morgan fingerprint density at radius 2 is 2.00 bits per heavy atom. The van der Waals surface area contributed by atoms with Crippen molar-refractivity contribution in [3.8, 4) is 0 Å². The molecule has 0 aliphatic carbocycles. The molecule has 2 rings (SSSR count). The molecule has 0 spiro atoms. The van der Waals surface area contributed by atoms with Gasteiger partial charge in [0.15, 0.2) is 0 Å². The maximum atomic E-state index is 12.4. The van der Waals surface area contributed by atoms with Crippen molar-refractivity contribution >= 4 is 11.0 Å². The summed E-state index contributed by atoms with van der Waals surface area (Å²) < 4.78 is 41.8. The second-order valence-corrected chi connectivity index (χ2v) is 3.51. The van der Waals surface area contributed by atoms with Crippen molar-refractivity contribution in [1.82, 2.24) is 5.32 Å². The molecule has 86 valence electrons. The second-order valence-electron chi connectivity index (χ2n) is 3.51. The van der Waals surface area contributed by atoms with Crippen LogP contribution in [0.5, 0.6) is 0 Å². The molecule has 1 heterocycles. The lowest BCUT2D eigenvalue weighted by molar-refractivity contribution is -0.152. The topological polar surface area (TPSA) is 25.2 Å². The molecule has 0 aliphatic rings. The van der Waals surface area contributed by atoms with Gasteiger partial charge in [-0.1, -0.05) is 6.07 Å². The van der Waals surface area contributed by atoms with Crippen LogP contribution in [0.25, 0.3) is 11.0 Å². The third kappa shape index (κ3) is 2.04. The Bertz CT molecular complexity index is 501. The summed E-state index contributed by atoms with van der Waals surface area (Å²) in [7, 11) is 1.78. The first-order valence-electron chi connectivity index (χ1n) is 4.75. The zero-order chi connectivity index (χ0) is 11.8. The summed E-state index contributed by atoms with van der Waals surface area (Å²) >= 11 is 0. The predicted molar refractivity (Wildman–Crippen MR) is 54.0 cm³/mol. The van der Waals surface area contributed by atoms with Gasteiger partial charge in [-0.3, -0.25) is 0 Å². The van der Waals surface area contributed by atoms with Crippen molar-refractivity contribution in [2.24, 2.45) is 0 Å². The fourth-order valence-electron chi connectivity index (χ4n) is 1.55. The molecular formula is C11H10F3NO. The molecular weight excluding hydrogens is 219 g/mol. The van der Waals surface area contributed by atoms with Gasteiger partial charge in [0.2, 0.25) is 5.76 Å². The van der Waals surface area contributed by atoms with E-state index in [4.69, 9.17) is 4.42 Å². The number of rotatable bonds is 2. The van der Waals surface area contributed by atoms with E-state index in [1.54, 1.807) is 25.2 Å². The highest BCUT2D eigenvalue weighted by Crippen LogP contribution is 2.33. The summed E-state index contributed by atoms with van der Waals surface area (Å²) in [6.45, 7) is 0.614. The summed E-state index contributed by atoms with van der Waals surface area (Å²) in [5, 5.41) is 3.41. The van der Waals surface area contributed by atoms with E-state index in [9.17, 15) is 13.2 Å². The van der Waals surface area contributed by atoms with Gasteiger partial charge in [0.05, 0.1) is 0 Å². The Kier molecular flexibility index (Phi) is 2.63. The zero-order valence-corrected chi connectivity index (χ0v) is 8.56. The van der Waals surface area contributed by atoms with Gasteiger partial charge in [0, 0.05) is 11.9 Å². The van der Waals surface area contributed by atoms with E-state index < -0.39 is 11.9 Å². The minimum absolute atomic E-state index is 0.257. The molecule has 16 heavy (non-hydrogen) atoms. The van der Waals surface area contributed by atoms with Crippen molar-refractivity contribution < 1.29 is 17.6 Å². The van der Waals surface area contributed by atoms with Crippen molar-refractivity contribution in [3.63, 3.8) is 0 Å². The van der Waals surface area contributed by atoms with Gasteiger partial charge in [-0.05, 0) is 30.8 Å². The maximum absolute atomic E-state index is 12.4. The number of benzene rings is 1. The maximum Gasteiger partial charge on any atom is 0.449 e. The molecule has 0 fully saturated rings. The van der Waals surface area contributed by atoms with E-state index in [0.29, 0.717) is 11.9 Å². The van der Waals surface area contributed by atoms with Gasteiger partial charge in [0.1, 0.15) is 5.58 Å². The van der Waals surface area contributed by atoms with Crippen LogP contribution >= 0.6 is 0 Å². The number of fused-ring (bicyclic) bond motifs is 1. The van der Waals surface area contributed by atoms with E-state index in [0.717, 1.165) is 11.6 Å². The fourth-order valence-corrected chi connectivity index (χ4v) is 1.55. The molecule has 1 aromatic heterocycles. The molecule has 1 aromatic carbocycles. The normalized spacial score (nSPS) is 12.2. The summed E-state index contributed by atoms with van der Waals surface area (Å²) in [6, 6.07) is 6.00. The number of alkyl halides is 3. The molecule has 5 heteroatoms. The van der Waals surface area contributed by atoms with Gasteiger partial charge in [-0.15, -0.1) is 0 Å². The summed E-state index contributed by atoms with van der Waals surface area (Å²) in [5.74, 6) is -0.955. The lowest BCUT2D eigenvalue weighted by Crippen LogP contribution is -2.04. The van der Waals surface area contributed by atoms with Gasteiger partial charge >= 0.3 is 6.18 Å². The van der Waals surface area contributed by atoms with Gasteiger partial charge in [0.25, 0.3) is 0 Å². The van der Waals surface area contributed by atoms with E-state index in [-0.39, 0.29) is 5.58 Å². The molecule has 0 aliphatic heterocycles. The molecule has 0 radical (unpaired) electrons. The van der Waals surface area contributed by atoms with Gasteiger partial charge in [-0.2, -0.15) is 13.2 Å². The first-order chi connectivity index (χ1) is 7.50. The molecule has 0 saturated carbocycles. The molecule has 0 atom stereocenters. The Morgan fingerprint density at radius 3 is 2.62 bits per heavy atom. The van der Waals surface area contributed by atoms with Crippen molar-refractivity contribution in [2.75, 3.05) is 7.05 Å². The van der Waals surface area contributed by atoms with Crippen LogP contribution in [0.15, 0.2) is 28.7 Å². The average Bonchev–Trinajstić information content (AvgIpc) is 2.60. The Balaban J connectivity index is 2.46. The predicted octanol–water partition coefficient (Wildman–Crippen LogP) is 3.17. The third-order valence-corrected chi connectivity index (χ3v) is 2.24. The molecule has 0 bridgehead atoms. The largest absolute Gasteiger partial charge is 0.452 e. The van der Waals surface area contributed by atoms with Crippen molar-refractivity contribution in [2.45, 2.75) is 12.7 Å². The van der Waals surface area contributed by atoms with E-state index in [2.05, 4.69) is 5.32 Å². The highest BCUT2D eigenvalue weighted by atomic mass is 19.4. The number of hydrogen-bond acceptors (Lipinski definition) is 2. The van der Waals surface area contributed by atoms with Crippen LogP contribution < -0.4 is 5.32 Å². The molecule has 0 saturated heterocycles. The first kappa shape index (κ1) is 11.0. The van der Waals surface area contributed by atoms with Gasteiger partial charge < -0.3 is 9.73 Å². The SMILES string of the molecule is CNCc1ccc2oc(C(F)(F)F)cc2c1. The zero-order valence-electron chi connectivity index (χ0n) is 8.56. The Morgan fingerprint density at radius 1 is 1.25 bits per heavy atom.